The highest BCUT2D eigenvalue weighted by atomic mass is 79.9. The standard InChI is InChI=1S/C19H22BrNO/c1-12(2)17-11-15(20)9-14-7-8-18(21-19(14)17)13-5-4-6-16(10-13)22-3/h4-6,9-12,18,21H,7-8H2,1-3H3. The molecule has 0 amide bonds. The molecule has 1 N–H and O–H groups in total. The van der Waals surface area contributed by atoms with Gasteiger partial charge in [0, 0.05) is 10.2 Å². The van der Waals surface area contributed by atoms with Gasteiger partial charge >= 0.3 is 0 Å². The van der Waals surface area contributed by atoms with E-state index in [1.807, 2.05) is 6.07 Å². The second kappa shape index (κ2) is 6.33. The van der Waals surface area contributed by atoms with Crippen LogP contribution >= 0.6 is 15.9 Å². The summed E-state index contributed by atoms with van der Waals surface area (Å²) in [5.74, 6) is 1.42. The lowest BCUT2D eigenvalue weighted by atomic mass is 9.89. The zero-order valence-corrected chi connectivity index (χ0v) is 14.9. The molecule has 0 saturated heterocycles. The topological polar surface area (TPSA) is 21.3 Å². The van der Waals surface area contributed by atoms with E-state index >= 15 is 0 Å². The summed E-state index contributed by atoms with van der Waals surface area (Å²) < 4.78 is 6.54. The first-order valence-electron chi connectivity index (χ1n) is 7.81. The monoisotopic (exact) mass is 359 g/mol. The SMILES string of the molecule is COc1cccc(C2CCc3cc(Br)cc(C(C)C)c3N2)c1. The molecule has 0 fully saturated rings. The van der Waals surface area contributed by atoms with Crippen molar-refractivity contribution in [2.45, 2.75) is 38.6 Å². The van der Waals surface area contributed by atoms with Crippen molar-refractivity contribution in [3.05, 3.63) is 57.6 Å². The van der Waals surface area contributed by atoms with Crippen LogP contribution in [0.2, 0.25) is 0 Å². The number of benzene rings is 2. The summed E-state index contributed by atoms with van der Waals surface area (Å²) in [6.07, 6.45) is 2.21. The van der Waals surface area contributed by atoms with Crippen molar-refractivity contribution >= 4 is 21.6 Å². The van der Waals surface area contributed by atoms with Gasteiger partial charge in [0.2, 0.25) is 0 Å². The summed E-state index contributed by atoms with van der Waals surface area (Å²) in [5.41, 5.74) is 5.41. The first-order valence-corrected chi connectivity index (χ1v) is 8.60. The van der Waals surface area contributed by atoms with Gasteiger partial charge in [0.05, 0.1) is 13.2 Å². The lowest BCUT2D eigenvalue weighted by Gasteiger charge is -2.30. The third kappa shape index (κ3) is 3.00. The molecule has 1 unspecified atom stereocenters. The van der Waals surface area contributed by atoms with Gasteiger partial charge in [-0.15, -0.1) is 0 Å². The predicted molar refractivity (Wildman–Crippen MR) is 95.9 cm³/mol. The molecule has 1 atom stereocenters. The number of aryl methyl sites for hydroxylation is 1. The van der Waals surface area contributed by atoms with Gasteiger partial charge in [-0.2, -0.15) is 0 Å². The van der Waals surface area contributed by atoms with E-state index in [4.69, 9.17) is 4.74 Å². The highest BCUT2D eigenvalue weighted by Crippen LogP contribution is 2.39. The van der Waals surface area contributed by atoms with Crippen molar-refractivity contribution in [1.82, 2.24) is 0 Å². The highest BCUT2D eigenvalue weighted by molar-refractivity contribution is 9.10. The fraction of sp³-hybridized carbons (Fsp3) is 0.368. The molecule has 116 valence electrons. The van der Waals surface area contributed by atoms with Crippen LogP contribution in [0.4, 0.5) is 5.69 Å². The Balaban J connectivity index is 1.96. The summed E-state index contributed by atoms with van der Waals surface area (Å²) in [6, 6.07) is 13.2. The fourth-order valence-corrected chi connectivity index (χ4v) is 3.69. The van der Waals surface area contributed by atoms with Gasteiger partial charge in [0.1, 0.15) is 5.75 Å². The quantitative estimate of drug-likeness (QED) is 0.760. The molecule has 3 rings (SSSR count). The van der Waals surface area contributed by atoms with Crippen LogP contribution in [-0.4, -0.2) is 7.11 Å². The van der Waals surface area contributed by atoms with Crippen LogP contribution in [0.15, 0.2) is 40.9 Å². The van der Waals surface area contributed by atoms with Crippen LogP contribution in [0.25, 0.3) is 0 Å². The smallest absolute Gasteiger partial charge is 0.119 e. The van der Waals surface area contributed by atoms with Gasteiger partial charge in [0.15, 0.2) is 0 Å². The lowest BCUT2D eigenvalue weighted by molar-refractivity contribution is 0.413. The Morgan fingerprint density at radius 3 is 2.77 bits per heavy atom. The summed E-state index contributed by atoms with van der Waals surface area (Å²) in [6.45, 7) is 4.50. The first-order chi connectivity index (χ1) is 10.6. The van der Waals surface area contributed by atoms with Crippen LogP contribution in [0.3, 0.4) is 0 Å². The molecule has 1 aliphatic heterocycles. The average molecular weight is 360 g/mol. The Kier molecular flexibility index (Phi) is 4.44. The van der Waals surface area contributed by atoms with Gasteiger partial charge in [-0.3, -0.25) is 0 Å². The number of ether oxygens (including phenoxy) is 1. The van der Waals surface area contributed by atoms with Crippen LogP contribution < -0.4 is 10.1 Å². The van der Waals surface area contributed by atoms with Crippen LogP contribution in [-0.2, 0) is 6.42 Å². The molecule has 1 aliphatic rings. The maximum atomic E-state index is 5.36. The molecule has 1 heterocycles. The van der Waals surface area contributed by atoms with Crippen molar-refractivity contribution in [3.8, 4) is 5.75 Å². The van der Waals surface area contributed by atoms with E-state index < -0.39 is 0 Å². The van der Waals surface area contributed by atoms with E-state index in [1.165, 1.54) is 26.9 Å². The summed E-state index contributed by atoms with van der Waals surface area (Å²) in [5, 5.41) is 3.77. The molecule has 0 saturated carbocycles. The van der Waals surface area contributed by atoms with E-state index in [1.54, 1.807) is 7.11 Å². The third-order valence-corrected chi connectivity index (χ3v) is 4.81. The number of fused-ring (bicyclic) bond motifs is 1. The summed E-state index contributed by atoms with van der Waals surface area (Å²) >= 11 is 3.64. The number of nitrogens with one attached hydrogen (secondary N) is 1. The van der Waals surface area contributed by atoms with Crippen LogP contribution in [0.5, 0.6) is 5.75 Å². The zero-order chi connectivity index (χ0) is 15.7. The summed E-state index contributed by atoms with van der Waals surface area (Å²) in [4.78, 5) is 0. The predicted octanol–water partition coefficient (Wildman–Crippen LogP) is 5.68. The molecule has 0 aromatic heterocycles. The molecule has 2 aromatic carbocycles. The van der Waals surface area contributed by atoms with Crippen molar-refractivity contribution in [3.63, 3.8) is 0 Å². The molecular formula is C19H22BrNO. The van der Waals surface area contributed by atoms with E-state index in [9.17, 15) is 0 Å². The average Bonchev–Trinajstić information content (AvgIpc) is 2.53. The largest absolute Gasteiger partial charge is 0.497 e. The van der Waals surface area contributed by atoms with Crippen molar-refractivity contribution in [2.75, 3.05) is 12.4 Å². The minimum Gasteiger partial charge on any atom is -0.497 e. The van der Waals surface area contributed by atoms with E-state index in [0.717, 1.165) is 18.6 Å². The van der Waals surface area contributed by atoms with Gasteiger partial charge in [-0.1, -0.05) is 41.9 Å². The Hall–Kier alpha value is -1.48. The van der Waals surface area contributed by atoms with E-state index in [0.29, 0.717) is 12.0 Å². The maximum absolute atomic E-state index is 5.36. The second-order valence-corrected chi connectivity index (χ2v) is 7.11. The number of halogens is 1. The van der Waals surface area contributed by atoms with Gasteiger partial charge in [0.25, 0.3) is 0 Å². The highest BCUT2D eigenvalue weighted by Gasteiger charge is 2.23. The number of hydrogen-bond donors (Lipinski definition) is 1. The van der Waals surface area contributed by atoms with Gasteiger partial charge in [-0.05, 0) is 59.7 Å². The zero-order valence-electron chi connectivity index (χ0n) is 13.3. The fourth-order valence-electron chi connectivity index (χ4n) is 3.17. The Morgan fingerprint density at radius 1 is 1.23 bits per heavy atom. The lowest BCUT2D eigenvalue weighted by Crippen LogP contribution is -2.20. The van der Waals surface area contributed by atoms with Crippen molar-refractivity contribution in [1.29, 1.82) is 0 Å². The molecule has 3 heteroatoms. The van der Waals surface area contributed by atoms with Gasteiger partial charge in [-0.25, -0.2) is 0 Å². The maximum Gasteiger partial charge on any atom is 0.119 e. The molecular weight excluding hydrogens is 338 g/mol. The number of methoxy groups -OCH3 is 1. The van der Waals surface area contributed by atoms with Gasteiger partial charge < -0.3 is 10.1 Å². The van der Waals surface area contributed by atoms with Crippen molar-refractivity contribution in [2.24, 2.45) is 0 Å². The van der Waals surface area contributed by atoms with Crippen LogP contribution in [0.1, 0.15) is 48.9 Å². The van der Waals surface area contributed by atoms with E-state index in [-0.39, 0.29) is 0 Å². The Morgan fingerprint density at radius 2 is 2.05 bits per heavy atom. The number of anilines is 1. The molecule has 2 nitrogen and oxygen atoms in total. The summed E-state index contributed by atoms with van der Waals surface area (Å²) in [7, 11) is 1.72. The normalized spacial score (nSPS) is 17.0. The molecule has 0 radical (unpaired) electrons. The third-order valence-electron chi connectivity index (χ3n) is 4.35. The number of hydrogen-bond acceptors (Lipinski definition) is 2. The number of rotatable bonds is 3. The minimum absolute atomic E-state index is 0.348. The van der Waals surface area contributed by atoms with Crippen molar-refractivity contribution < 1.29 is 4.74 Å². The Bertz CT molecular complexity index is 681. The van der Waals surface area contributed by atoms with E-state index in [2.05, 4.69) is 65.4 Å². The molecule has 0 bridgehead atoms. The minimum atomic E-state index is 0.348. The molecule has 0 spiro atoms. The van der Waals surface area contributed by atoms with Crippen LogP contribution in [0, 0.1) is 0 Å². The molecule has 22 heavy (non-hydrogen) atoms. The molecule has 2 aromatic rings. The second-order valence-electron chi connectivity index (χ2n) is 6.20. The molecule has 0 aliphatic carbocycles. The Labute approximate surface area is 141 Å². The first kappa shape index (κ1) is 15.4.